The van der Waals surface area contributed by atoms with Gasteiger partial charge in [0.15, 0.2) is 0 Å². The van der Waals surface area contributed by atoms with Gasteiger partial charge in [0.1, 0.15) is 11.5 Å². The maximum Gasteiger partial charge on any atom is 0.131 e. The molecule has 1 aliphatic rings. The first kappa shape index (κ1) is 16.0. The normalized spacial score (nSPS) is 17.8. The molecule has 3 rings (SSSR count). The molecule has 122 valence electrons. The van der Waals surface area contributed by atoms with Gasteiger partial charge in [0.25, 0.3) is 0 Å². The summed E-state index contributed by atoms with van der Waals surface area (Å²) < 4.78 is 6.30. The standard InChI is InChI=1S/C20H26N2O/c1-21-13-7-8-14-22(2)16-18-10-4-6-12-20(18)23-19-11-5-3-9-17(19)15-21/h3-6,9-12H,7-8,13-16H2,1-2H3. The van der Waals surface area contributed by atoms with Crippen molar-refractivity contribution in [1.29, 1.82) is 0 Å². The maximum atomic E-state index is 6.30. The Morgan fingerprint density at radius 1 is 0.696 bits per heavy atom. The van der Waals surface area contributed by atoms with Crippen LogP contribution >= 0.6 is 0 Å². The minimum atomic E-state index is 0.925. The Kier molecular flexibility index (Phi) is 5.31. The molecule has 0 saturated carbocycles. The van der Waals surface area contributed by atoms with Crippen molar-refractivity contribution in [3.63, 3.8) is 0 Å². The second-order valence-corrected chi connectivity index (χ2v) is 6.50. The smallest absolute Gasteiger partial charge is 0.131 e. The van der Waals surface area contributed by atoms with E-state index in [0.717, 1.165) is 37.7 Å². The predicted molar refractivity (Wildman–Crippen MR) is 94.9 cm³/mol. The van der Waals surface area contributed by atoms with Crippen LogP contribution in [-0.2, 0) is 13.1 Å². The topological polar surface area (TPSA) is 15.7 Å². The molecule has 0 unspecified atom stereocenters. The summed E-state index contributed by atoms with van der Waals surface area (Å²) in [7, 11) is 4.38. The number of hydrogen-bond donors (Lipinski definition) is 0. The first-order chi connectivity index (χ1) is 11.2. The van der Waals surface area contributed by atoms with Crippen molar-refractivity contribution in [2.24, 2.45) is 0 Å². The Bertz CT molecular complexity index is 586. The molecule has 23 heavy (non-hydrogen) atoms. The molecule has 0 fully saturated rings. The molecule has 0 aromatic heterocycles. The highest BCUT2D eigenvalue weighted by molar-refractivity contribution is 5.41. The van der Waals surface area contributed by atoms with E-state index in [1.54, 1.807) is 0 Å². The zero-order chi connectivity index (χ0) is 16.1. The van der Waals surface area contributed by atoms with Crippen LogP contribution < -0.4 is 4.74 Å². The van der Waals surface area contributed by atoms with Crippen molar-refractivity contribution in [3.05, 3.63) is 59.7 Å². The van der Waals surface area contributed by atoms with Gasteiger partial charge in [-0.3, -0.25) is 0 Å². The van der Waals surface area contributed by atoms with E-state index >= 15 is 0 Å². The third kappa shape index (κ3) is 4.34. The second-order valence-electron chi connectivity index (χ2n) is 6.50. The van der Waals surface area contributed by atoms with Gasteiger partial charge in [-0.2, -0.15) is 0 Å². The minimum Gasteiger partial charge on any atom is -0.457 e. The van der Waals surface area contributed by atoms with E-state index in [9.17, 15) is 0 Å². The zero-order valence-electron chi connectivity index (χ0n) is 14.2. The van der Waals surface area contributed by atoms with Crippen LogP contribution in [0, 0.1) is 0 Å². The quantitative estimate of drug-likeness (QED) is 0.727. The Labute approximate surface area is 139 Å². The van der Waals surface area contributed by atoms with E-state index in [2.05, 4.69) is 60.3 Å². The number of benzene rings is 2. The third-order valence-electron chi connectivity index (χ3n) is 4.38. The molecule has 0 bridgehead atoms. The highest BCUT2D eigenvalue weighted by Gasteiger charge is 2.12. The second kappa shape index (κ2) is 7.62. The molecule has 3 nitrogen and oxygen atoms in total. The molecule has 0 atom stereocenters. The van der Waals surface area contributed by atoms with E-state index < -0.39 is 0 Å². The molecular formula is C20H26N2O. The van der Waals surface area contributed by atoms with Crippen molar-refractivity contribution in [2.75, 3.05) is 27.2 Å². The Balaban J connectivity index is 1.94. The van der Waals surface area contributed by atoms with Gasteiger partial charge in [-0.1, -0.05) is 36.4 Å². The predicted octanol–water partition coefficient (Wildman–Crippen LogP) is 4.14. The molecule has 0 amide bonds. The van der Waals surface area contributed by atoms with Crippen molar-refractivity contribution >= 4 is 0 Å². The molecule has 3 heteroatoms. The average molecular weight is 310 g/mol. The SMILES string of the molecule is CN1CCCCN(C)Cc2ccccc2Oc2ccccc2C1. The van der Waals surface area contributed by atoms with Gasteiger partial charge >= 0.3 is 0 Å². The molecule has 1 aliphatic heterocycles. The van der Waals surface area contributed by atoms with E-state index in [1.165, 1.54) is 24.0 Å². The van der Waals surface area contributed by atoms with Crippen LogP contribution in [0.3, 0.4) is 0 Å². The van der Waals surface area contributed by atoms with Crippen LogP contribution in [0.1, 0.15) is 24.0 Å². The van der Waals surface area contributed by atoms with Crippen molar-refractivity contribution in [3.8, 4) is 11.5 Å². The summed E-state index contributed by atoms with van der Waals surface area (Å²) in [5, 5.41) is 0. The molecule has 0 saturated heterocycles. The number of fused-ring (bicyclic) bond motifs is 2. The minimum absolute atomic E-state index is 0.925. The van der Waals surface area contributed by atoms with Crippen LogP contribution in [0.2, 0.25) is 0 Å². The summed E-state index contributed by atoms with van der Waals surface area (Å²) in [5.74, 6) is 1.93. The lowest BCUT2D eigenvalue weighted by Crippen LogP contribution is -2.22. The molecule has 0 radical (unpaired) electrons. The summed E-state index contributed by atoms with van der Waals surface area (Å²) in [5.41, 5.74) is 2.50. The Morgan fingerprint density at radius 2 is 1.13 bits per heavy atom. The summed E-state index contributed by atoms with van der Waals surface area (Å²) >= 11 is 0. The van der Waals surface area contributed by atoms with Crippen molar-refractivity contribution < 1.29 is 4.74 Å². The van der Waals surface area contributed by atoms with Crippen LogP contribution in [0.5, 0.6) is 11.5 Å². The first-order valence-corrected chi connectivity index (χ1v) is 8.43. The summed E-state index contributed by atoms with van der Waals surface area (Å²) in [6.45, 7) is 4.09. The highest BCUT2D eigenvalue weighted by Crippen LogP contribution is 2.29. The van der Waals surface area contributed by atoms with Gasteiger partial charge in [-0.15, -0.1) is 0 Å². The first-order valence-electron chi connectivity index (χ1n) is 8.43. The molecule has 1 heterocycles. The fraction of sp³-hybridized carbons (Fsp3) is 0.400. The lowest BCUT2D eigenvalue weighted by atomic mass is 10.1. The van der Waals surface area contributed by atoms with Gasteiger partial charge < -0.3 is 14.5 Å². The summed E-state index contributed by atoms with van der Waals surface area (Å²) in [4.78, 5) is 4.76. The largest absolute Gasteiger partial charge is 0.457 e. The van der Waals surface area contributed by atoms with Gasteiger partial charge in [-0.05, 0) is 52.2 Å². The van der Waals surface area contributed by atoms with Crippen LogP contribution in [0.15, 0.2) is 48.5 Å². The van der Waals surface area contributed by atoms with E-state index in [1.807, 2.05) is 12.1 Å². The van der Waals surface area contributed by atoms with E-state index in [4.69, 9.17) is 4.74 Å². The average Bonchev–Trinajstić information content (AvgIpc) is 2.55. The van der Waals surface area contributed by atoms with Crippen LogP contribution in [0.4, 0.5) is 0 Å². The number of nitrogens with zero attached hydrogens (tertiary/aromatic N) is 2. The molecule has 0 spiro atoms. The lowest BCUT2D eigenvalue weighted by Gasteiger charge is -2.19. The van der Waals surface area contributed by atoms with Crippen molar-refractivity contribution in [1.82, 2.24) is 9.80 Å². The molecule has 2 aromatic rings. The van der Waals surface area contributed by atoms with Crippen LogP contribution in [0.25, 0.3) is 0 Å². The van der Waals surface area contributed by atoms with Gasteiger partial charge in [-0.25, -0.2) is 0 Å². The number of para-hydroxylation sites is 2. The zero-order valence-corrected chi connectivity index (χ0v) is 14.2. The molecule has 0 N–H and O–H groups in total. The highest BCUT2D eigenvalue weighted by atomic mass is 16.5. The Morgan fingerprint density at radius 3 is 1.61 bits per heavy atom. The van der Waals surface area contributed by atoms with Gasteiger partial charge in [0, 0.05) is 24.2 Å². The number of hydrogen-bond acceptors (Lipinski definition) is 3. The lowest BCUT2D eigenvalue weighted by molar-refractivity contribution is 0.286. The summed E-state index contributed by atoms with van der Waals surface area (Å²) in [6.07, 6.45) is 2.46. The van der Waals surface area contributed by atoms with Gasteiger partial charge in [0.2, 0.25) is 0 Å². The Hall–Kier alpha value is -1.84. The van der Waals surface area contributed by atoms with Crippen molar-refractivity contribution in [2.45, 2.75) is 25.9 Å². The fourth-order valence-corrected chi connectivity index (χ4v) is 3.09. The maximum absolute atomic E-state index is 6.30. The van der Waals surface area contributed by atoms with E-state index in [0.29, 0.717) is 0 Å². The van der Waals surface area contributed by atoms with Crippen LogP contribution in [-0.4, -0.2) is 37.0 Å². The number of ether oxygens (including phenoxy) is 1. The third-order valence-corrected chi connectivity index (χ3v) is 4.38. The molecular weight excluding hydrogens is 284 g/mol. The van der Waals surface area contributed by atoms with Gasteiger partial charge in [0.05, 0.1) is 0 Å². The summed E-state index contributed by atoms with van der Waals surface area (Å²) in [6, 6.07) is 16.8. The molecule has 2 aromatic carbocycles. The van der Waals surface area contributed by atoms with E-state index in [-0.39, 0.29) is 0 Å². The monoisotopic (exact) mass is 310 g/mol. The number of rotatable bonds is 0. The fourth-order valence-electron chi connectivity index (χ4n) is 3.09. The molecule has 0 aliphatic carbocycles.